The zero-order valence-electron chi connectivity index (χ0n) is 33.2. The number of fused-ring (bicyclic) bond motifs is 1. The lowest BCUT2D eigenvalue weighted by molar-refractivity contribution is -0.130. The van der Waals surface area contributed by atoms with E-state index in [2.05, 4.69) is 38.7 Å². The van der Waals surface area contributed by atoms with Gasteiger partial charge in [0.15, 0.2) is 23.2 Å². The first-order chi connectivity index (χ1) is 28.7. The lowest BCUT2D eigenvalue weighted by Gasteiger charge is -2.21. The van der Waals surface area contributed by atoms with Gasteiger partial charge in [0.25, 0.3) is 0 Å². The predicted octanol–water partition coefficient (Wildman–Crippen LogP) is 1.77. The van der Waals surface area contributed by atoms with E-state index in [9.17, 15) is 48.1 Å². The topological polar surface area (TPSA) is 344 Å². The molecule has 1 aliphatic heterocycles. The highest BCUT2D eigenvalue weighted by atomic mass is 31.3. The highest BCUT2D eigenvalue weighted by Crippen LogP contribution is 2.66. The molecule has 25 nitrogen and oxygen atoms in total. The fourth-order valence-electron chi connectivity index (χ4n) is 5.89. The van der Waals surface area contributed by atoms with Crippen molar-refractivity contribution in [1.82, 2.24) is 34.6 Å². The minimum absolute atomic E-state index is 0.0218. The van der Waals surface area contributed by atoms with Crippen molar-refractivity contribution in [3.8, 4) is 0 Å². The molecule has 0 saturated carbocycles. The van der Waals surface area contributed by atoms with E-state index in [1.54, 1.807) is 23.9 Å². The fourth-order valence-corrected chi connectivity index (χ4v) is 8.92. The Morgan fingerprint density at radius 3 is 2.10 bits per heavy atom. The van der Waals surface area contributed by atoms with Gasteiger partial charge >= 0.3 is 29.6 Å². The van der Waals surface area contributed by atoms with Crippen molar-refractivity contribution >= 4 is 58.4 Å². The van der Waals surface area contributed by atoms with Gasteiger partial charge in [0.05, 0.1) is 12.9 Å². The van der Waals surface area contributed by atoms with E-state index < -0.39 is 60.7 Å². The average Bonchev–Trinajstić information content (AvgIpc) is 3.74. The van der Waals surface area contributed by atoms with Crippen molar-refractivity contribution in [2.24, 2.45) is 0 Å². The Morgan fingerprint density at radius 1 is 0.820 bits per heavy atom. The number of amides is 3. The first-order valence-electron chi connectivity index (χ1n) is 18.9. The number of alkyl carbamates (subject to hydrolysis) is 1. The Bertz CT molecular complexity index is 2060. The van der Waals surface area contributed by atoms with E-state index in [1.807, 2.05) is 30.3 Å². The van der Waals surface area contributed by atoms with E-state index in [1.165, 1.54) is 17.2 Å². The Hall–Kier alpha value is -3.93. The van der Waals surface area contributed by atoms with Crippen LogP contribution >= 0.6 is 23.5 Å². The largest absolute Gasteiger partial charge is 0.490 e. The second-order valence-corrected chi connectivity index (χ2v) is 18.2. The quantitative estimate of drug-likeness (QED) is 0.0443. The van der Waals surface area contributed by atoms with Gasteiger partial charge in [-0.1, -0.05) is 30.3 Å². The maximum absolute atomic E-state index is 12.7. The summed E-state index contributed by atoms with van der Waals surface area (Å²) < 4.78 is 58.4. The predicted molar refractivity (Wildman–Crippen MR) is 212 cm³/mol. The molecule has 3 aromatic rings. The Morgan fingerprint density at radius 2 is 1.46 bits per heavy atom. The number of hydrogen-bond acceptors (Lipinski definition) is 17. The summed E-state index contributed by atoms with van der Waals surface area (Å²) in [5.74, 6) is 0.245. The van der Waals surface area contributed by atoms with Crippen molar-refractivity contribution in [2.75, 3.05) is 52.2 Å². The Kier molecular flexibility index (Phi) is 18.7. The van der Waals surface area contributed by atoms with Gasteiger partial charge in [-0.05, 0) is 37.7 Å². The van der Waals surface area contributed by atoms with Crippen LogP contribution in [0.5, 0.6) is 0 Å². The number of phosphoric acid groups is 3. The van der Waals surface area contributed by atoms with Crippen LogP contribution in [0, 0.1) is 0 Å². The lowest BCUT2D eigenvalue weighted by atomic mass is 10.1. The number of nitrogens with one attached hydrogen (secondary N) is 2. The molecular weight excluding hydrogens is 873 g/mol. The lowest BCUT2D eigenvalue weighted by Crippen LogP contribution is -2.33. The van der Waals surface area contributed by atoms with E-state index in [4.69, 9.17) is 19.3 Å². The molecule has 0 aliphatic carbocycles. The third-order valence-corrected chi connectivity index (χ3v) is 12.8. The van der Waals surface area contributed by atoms with Crippen LogP contribution in [-0.2, 0) is 52.5 Å². The van der Waals surface area contributed by atoms with Gasteiger partial charge in [-0.3, -0.25) is 18.7 Å². The molecule has 4 rings (SSSR count). The molecule has 28 heteroatoms. The summed E-state index contributed by atoms with van der Waals surface area (Å²) in [4.78, 5) is 89.4. The highest BCUT2D eigenvalue weighted by molar-refractivity contribution is 7.66. The van der Waals surface area contributed by atoms with E-state index in [0.717, 1.165) is 5.56 Å². The molecule has 340 valence electrons. The monoisotopic (exact) mass is 924 g/mol. The number of aliphatic hydroxyl groups excluding tert-OH is 2. The van der Waals surface area contributed by atoms with Gasteiger partial charge in [0.2, 0.25) is 11.8 Å². The van der Waals surface area contributed by atoms with Crippen LogP contribution in [0.25, 0.3) is 11.2 Å². The molecule has 61 heavy (non-hydrogen) atoms. The maximum Gasteiger partial charge on any atom is 0.490 e. The van der Waals surface area contributed by atoms with Crippen molar-refractivity contribution in [3.63, 3.8) is 0 Å². The number of ether oxygens (including phenoxy) is 2. The molecule has 0 spiro atoms. The first-order valence-corrected chi connectivity index (χ1v) is 23.4. The van der Waals surface area contributed by atoms with Gasteiger partial charge < -0.3 is 59.7 Å². The van der Waals surface area contributed by atoms with Crippen LogP contribution in [0.1, 0.15) is 56.7 Å². The summed E-state index contributed by atoms with van der Waals surface area (Å²) in [7, 11) is -13.5. The van der Waals surface area contributed by atoms with Gasteiger partial charge in [-0.2, -0.15) is 8.62 Å². The van der Waals surface area contributed by atoms with Crippen LogP contribution in [0.15, 0.2) is 43.0 Å². The van der Waals surface area contributed by atoms with Gasteiger partial charge in [-0.15, -0.1) is 0 Å². The molecule has 8 N–H and O–H groups in total. The number of aromatic nitrogens is 4. The van der Waals surface area contributed by atoms with Crippen LogP contribution in [-0.4, -0.2) is 142 Å². The Balaban J connectivity index is 1.11. The molecule has 1 aromatic carbocycles. The summed E-state index contributed by atoms with van der Waals surface area (Å²) in [6.07, 6.45) is -0.729. The third kappa shape index (κ3) is 16.4. The number of aliphatic hydroxyl groups is 2. The number of unbranched alkanes of at least 4 members (excludes halogenated alkanes) is 2. The standard InChI is InChI=1S/C33H51N8O17P3/c1-39(17-10-18-40(2)26(43)14-7-9-16-35-33(46)54-19-23-11-4-3-5-12-23)25(42)13-6-8-15-34-30-27-31(37-21-36-30)41(22-38-27)32-29(45)28(44)24(56-32)20-55-60(50,51)58-61(52,53)57-59(47,48)49/h3-5,11-12,21-22,24,28-29,32,44-45H,6-10,13-20H2,1-2H3,(H,35,46)(H,50,51)(H,52,53)(H,34,36,37)(H2,47,48,49)/t24-,28-,29-,32-/m1/s1. The SMILES string of the molecule is CN(CCCN(C)C(=O)CCCCNc1ncnc2c1ncn2[C@@H]1O[C@H](COP(=O)(O)OP(=O)(O)OP(=O)(O)O)[C@@H](O)[C@H]1O)C(=O)CCCCNC(=O)OCc1ccccc1. The minimum Gasteiger partial charge on any atom is -0.445 e. The fraction of sp³-hybridized carbons (Fsp3) is 0.576. The third-order valence-electron chi connectivity index (χ3n) is 9.04. The molecule has 0 bridgehead atoms. The number of hydrogen-bond donors (Lipinski definition) is 8. The normalized spacial score (nSPS) is 19.8. The summed E-state index contributed by atoms with van der Waals surface area (Å²) in [5.41, 5.74) is 1.32. The summed E-state index contributed by atoms with van der Waals surface area (Å²) in [6.45, 7) is 0.936. The number of imidazole rings is 1. The molecule has 6 atom stereocenters. The second kappa shape index (κ2) is 23.0. The molecule has 1 aliphatic rings. The zero-order chi connectivity index (χ0) is 44.8. The van der Waals surface area contributed by atoms with Crippen molar-refractivity contribution in [1.29, 1.82) is 0 Å². The Labute approximate surface area is 349 Å². The van der Waals surface area contributed by atoms with E-state index in [-0.39, 0.29) is 36.0 Å². The molecule has 0 radical (unpaired) electrons. The number of nitrogens with zero attached hydrogens (tertiary/aromatic N) is 6. The number of rotatable bonds is 25. The van der Waals surface area contributed by atoms with Crippen LogP contribution in [0.2, 0.25) is 0 Å². The van der Waals surface area contributed by atoms with E-state index >= 15 is 0 Å². The van der Waals surface area contributed by atoms with Crippen molar-refractivity contribution in [2.45, 2.75) is 76.1 Å². The maximum atomic E-state index is 12.7. The number of benzene rings is 1. The van der Waals surface area contributed by atoms with Gasteiger partial charge in [0.1, 0.15) is 31.2 Å². The molecule has 1 saturated heterocycles. The molecule has 3 heterocycles. The molecule has 1 fully saturated rings. The van der Waals surface area contributed by atoms with Crippen LogP contribution < -0.4 is 10.6 Å². The molecule has 3 amide bonds. The minimum atomic E-state index is -5.77. The molecule has 2 aromatic heterocycles. The summed E-state index contributed by atoms with van der Waals surface area (Å²) >= 11 is 0. The summed E-state index contributed by atoms with van der Waals surface area (Å²) in [5, 5.41) is 27.0. The number of carbonyl (C=O) groups is 3. The number of anilines is 1. The zero-order valence-corrected chi connectivity index (χ0v) is 35.9. The number of carbonyl (C=O) groups excluding carboxylic acids is 3. The average molecular weight is 925 g/mol. The molecule has 2 unspecified atom stereocenters. The van der Waals surface area contributed by atoms with E-state index in [0.29, 0.717) is 70.5 Å². The second-order valence-electron chi connectivity index (χ2n) is 13.8. The van der Waals surface area contributed by atoms with Crippen molar-refractivity contribution < 1.29 is 80.5 Å². The smallest absolute Gasteiger partial charge is 0.445 e. The van der Waals surface area contributed by atoms with Crippen LogP contribution in [0.3, 0.4) is 0 Å². The highest BCUT2D eigenvalue weighted by Gasteiger charge is 2.47. The first kappa shape index (κ1) is 49.7. The molecular formula is C33H51N8O17P3. The number of phosphoric ester groups is 1. The van der Waals surface area contributed by atoms with Crippen molar-refractivity contribution in [3.05, 3.63) is 48.5 Å². The van der Waals surface area contributed by atoms with Gasteiger partial charge in [0, 0.05) is 53.1 Å². The summed E-state index contributed by atoms with van der Waals surface area (Å²) in [6, 6.07) is 9.34. The van der Waals surface area contributed by atoms with Crippen LogP contribution in [0.4, 0.5) is 10.6 Å². The van der Waals surface area contributed by atoms with Gasteiger partial charge in [-0.25, -0.2) is 33.4 Å².